The summed E-state index contributed by atoms with van der Waals surface area (Å²) in [5.74, 6) is 0.577. The van der Waals surface area contributed by atoms with Gasteiger partial charge in [-0.25, -0.2) is 4.98 Å². The summed E-state index contributed by atoms with van der Waals surface area (Å²) in [6, 6.07) is 6.51. The number of aryl methyl sites for hydroxylation is 4. The van der Waals surface area contributed by atoms with E-state index in [2.05, 4.69) is 42.0 Å². The predicted octanol–water partition coefficient (Wildman–Crippen LogP) is 2.91. The van der Waals surface area contributed by atoms with Crippen LogP contribution >= 0.6 is 0 Å². The summed E-state index contributed by atoms with van der Waals surface area (Å²) in [6.45, 7) is 8.47. The molecule has 1 saturated heterocycles. The van der Waals surface area contributed by atoms with E-state index in [4.69, 9.17) is 0 Å². The number of nitrogens with one attached hydrogen (secondary N) is 1. The fourth-order valence-corrected chi connectivity index (χ4v) is 3.60. The van der Waals surface area contributed by atoms with Gasteiger partial charge in [-0.2, -0.15) is 0 Å². The highest BCUT2D eigenvalue weighted by atomic mass is 16.2. The Bertz CT molecular complexity index is 870. The molecule has 0 radical (unpaired) electrons. The Morgan fingerprint density at radius 3 is 2.68 bits per heavy atom. The van der Waals surface area contributed by atoms with E-state index in [9.17, 15) is 9.59 Å². The number of carbonyl (C=O) groups excluding carboxylic acids is 1. The number of benzene rings is 1. The van der Waals surface area contributed by atoms with Crippen molar-refractivity contribution < 1.29 is 4.79 Å². The van der Waals surface area contributed by atoms with Gasteiger partial charge >= 0.3 is 0 Å². The lowest BCUT2D eigenvalue weighted by Crippen LogP contribution is -2.34. The summed E-state index contributed by atoms with van der Waals surface area (Å²) in [5.41, 5.74) is 4.58. The monoisotopic (exact) mass is 339 g/mol. The molecule has 1 aromatic heterocycles. The van der Waals surface area contributed by atoms with Gasteiger partial charge in [-0.05, 0) is 57.2 Å². The second-order valence-electron chi connectivity index (χ2n) is 6.98. The summed E-state index contributed by atoms with van der Waals surface area (Å²) in [6.07, 6.45) is 2.07. The minimum Gasteiger partial charge on any atom is -0.335 e. The Labute approximate surface area is 148 Å². The minimum absolute atomic E-state index is 0.0000175. The molecule has 5 heteroatoms. The van der Waals surface area contributed by atoms with Crippen LogP contribution in [-0.4, -0.2) is 27.3 Å². The van der Waals surface area contributed by atoms with Crippen LogP contribution in [0.2, 0.25) is 0 Å². The highest BCUT2D eigenvalue weighted by molar-refractivity contribution is 5.79. The number of aromatic nitrogens is 2. The Balaban J connectivity index is 1.84. The number of rotatable bonds is 3. The number of aromatic amines is 1. The predicted molar refractivity (Wildman–Crippen MR) is 97.6 cm³/mol. The highest BCUT2D eigenvalue weighted by Gasteiger charge is 2.30. The Kier molecular flexibility index (Phi) is 4.75. The molecule has 1 atom stereocenters. The molecule has 2 aromatic rings. The zero-order valence-electron chi connectivity index (χ0n) is 15.3. The van der Waals surface area contributed by atoms with E-state index in [1.165, 1.54) is 16.7 Å². The van der Waals surface area contributed by atoms with Gasteiger partial charge in [-0.3, -0.25) is 9.59 Å². The van der Waals surface area contributed by atoms with Gasteiger partial charge in [0.2, 0.25) is 5.91 Å². The molecule has 0 spiro atoms. The molecule has 0 saturated carbocycles. The number of likely N-dealkylation sites (tertiary alicyclic amines) is 1. The third kappa shape index (κ3) is 3.50. The van der Waals surface area contributed by atoms with Crippen molar-refractivity contribution >= 4 is 5.91 Å². The molecule has 1 unspecified atom stereocenters. The Morgan fingerprint density at radius 2 is 2.00 bits per heavy atom. The van der Waals surface area contributed by atoms with Gasteiger partial charge in [0, 0.05) is 17.8 Å². The normalized spacial score (nSPS) is 17.1. The molecular formula is C20H25N3O2. The Morgan fingerprint density at radius 1 is 1.24 bits per heavy atom. The van der Waals surface area contributed by atoms with Gasteiger partial charge in [0.15, 0.2) is 0 Å². The van der Waals surface area contributed by atoms with Crippen LogP contribution in [0.1, 0.15) is 52.7 Å². The lowest BCUT2D eigenvalue weighted by molar-refractivity contribution is -0.131. The Hall–Kier alpha value is -2.43. The molecular weight excluding hydrogens is 314 g/mol. The van der Waals surface area contributed by atoms with Crippen molar-refractivity contribution in [1.29, 1.82) is 0 Å². The fourth-order valence-electron chi connectivity index (χ4n) is 3.60. The van der Waals surface area contributed by atoms with Crippen LogP contribution < -0.4 is 5.56 Å². The summed E-state index contributed by atoms with van der Waals surface area (Å²) >= 11 is 0. The van der Waals surface area contributed by atoms with Gasteiger partial charge in [0.25, 0.3) is 5.56 Å². The first-order valence-corrected chi connectivity index (χ1v) is 8.80. The van der Waals surface area contributed by atoms with E-state index < -0.39 is 0 Å². The van der Waals surface area contributed by atoms with Crippen LogP contribution in [-0.2, 0) is 11.2 Å². The maximum atomic E-state index is 12.9. The number of amides is 1. The van der Waals surface area contributed by atoms with Crippen molar-refractivity contribution in [3.05, 3.63) is 62.3 Å². The molecule has 1 aliphatic rings. The molecule has 132 valence electrons. The standard InChI is InChI=1S/C20H25N3O2/c1-12-7-8-16(10-13(12)2)18-6-5-9-23(18)19(24)11-17-14(3)21-15(4)22-20(17)25/h7-8,10,18H,5-6,9,11H2,1-4H3,(H,21,22,25). The second kappa shape index (κ2) is 6.82. The van der Waals surface area contributed by atoms with E-state index >= 15 is 0 Å². The van der Waals surface area contributed by atoms with Crippen LogP contribution in [0, 0.1) is 27.7 Å². The zero-order valence-corrected chi connectivity index (χ0v) is 15.3. The summed E-state index contributed by atoms with van der Waals surface area (Å²) in [5, 5.41) is 0. The molecule has 0 bridgehead atoms. The third-order valence-corrected chi connectivity index (χ3v) is 5.16. The zero-order chi connectivity index (χ0) is 18.1. The lowest BCUT2D eigenvalue weighted by atomic mass is 9.99. The average Bonchev–Trinajstić information content (AvgIpc) is 3.03. The first-order valence-electron chi connectivity index (χ1n) is 8.80. The van der Waals surface area contributed by atoms with Gasteiger partial charge in [-0.15, -0.1) is 0 Å². The van der Waals surface area contributed by atoms with E-state index in [1.807, 2.05) is 4.90 Å². The number of hydrogen-bond acceptors (Lipinski definition) is 3. The van der Waals surface area contributed by atoms with E-state index in [0.29, 0.717) is 17.1 Å². The quantitative estimate of drug-likeness (QED) is 0.935. The van der Waals surface area contributed by atoms with Crippen LogP contribution in [0.4, 0.5) is 0 Å². The van der Waals surface area contributed by atoms with Crippen molar-refractivity contribution in [2.24, 2.45) is 0 Å². The van der Waals surface area contributed by atoms with Gasteiger partial charge in [-0.1, -0.05) is 18.2 Å². The first-order chi connectivity index (χ1) is 11.9. The summed E-state index contributed by atoms with van der Waals surface area (Å²) in [4.78, 5) is 34.0. The van der Waals surface area contributed by atoms with Crippen molar-refractivity contribution in [3.8, 4) is 0 Å². The molecule has 2 heterocycles. The third-order valence-electron chi connectivity index (χ3n) is 5.16. The van der Waals surface area contributed by atoms with Crippen LogP contribution in [0.15, 0.2) is 23.0 Å². The molecule has 1 aliphatic heterocycles. The smallest absolute Gasteiger partial charge is 0.254 e. The molecule has 1 fully saturated rings. The molecule has 3 rings (SSSR count). The van der Waals surface area contributed by atoms with E-state index in [1.54, 1.807) is 13.8 Å². The number of nitrogens with zero attached hydrogens (tertiary/aromatic N) is 2. The van der Waals surface area contributed by atoms with Crippen LogP contribution in [0.3, 0.4) is 0 Å². The maximum Gasteiger partial charge on any atom is 0.254 e. The largest absolute Gasteiger partial charge is 0.335 e. The highest BCUT2D eigenvalue weighted by Crippen LogP contribution is 2.33. The lowest BCUT2D eigenvalue weighted by Gasteiger charge is -2.26. The first kappa shape index (κ1) is 17.4. The van der Waals surface area contributed by atoms with Crippen molar-refractivity contribution in [2.75, 3.05) is 6.54 Å². The van der Waals surface area contributed by atoms with E-state index in [-0.39, 0.29) is 23.9 Å². The maximum absolute atomic E-state index is 12.9. The molecule has 1 amide bonds. The van der Waals surface area contributed by atoms with Crippen LogP contribution in [0.5, 0.6) is 0 Å². The molecule has 5 nitrogen and oxygen atoms in total. The summed E-state index contributed by atoms with van der Waals surface area (Å²) in [7, 11) is 0. The van der Waals surface area contributed by atoms with Crippen LogP contribution in [0.25, 0.3) is 0 Å². The molecule has 0 aliphatic carbocycles. The van der Waals surface area contributed by atoms with Gasteiger partial charge < -0.3 is 9.88 Å². The van der Waals surface area contributed by atoms with E-state index in [0.717, 1.165) is 19.4 Å². The molecule has 1 N–H and O–H groups in total. The fraction of sp³-hybridized carbons (Fsp3) is 0.450. The number of hydrogen-bond donors (Lipinski definition) is 1. The van der Waals surface area contributed by atoms with Crippen molar-refractivity contribution in [3.63, 3.8) is 0 Å². The average molecular weight is 339 g/mol. The van der Waals surface area contributed by atoms with Crippen molar-refractivity contribution in [2.45, 2.75) is 53.0 Å². The number of H-pyrrole nitrogens is 1. The topological polar surface area (TPSA) is 66.1 Å². The minimum atomic E-state index is -0.208. The second-order valence-corrected chi connectivity index (χ2v) is 6.98. The molecule has 25 heavy (non-hydrogen) atoms. The summed E-state index contributed by atoms with van der Waals surface area (Å²) < 4.78 is 0. The number of carbonyl (C=O) groups is 1. The van der Waals surface area contributed by atoms with Gasteiger partial charge in [0.05, 0.1) is 12.5 Å². The van der Waals surface area contributed by atoms with Crippen molar-refractivity contribution in [1.82, 2.24) is 14.9 Å². The van der Waals surface area contributed by atoms with Gasteiger partial charge in [0.1, 0.15) is 5.82 Å². The molecule has 1 aromatic carbocycles. The SMILES string of the molecule is Cc1nc(C)c(CC(=O)N2CCCC2c2ccc(C)c(C)c2)c(=O)[nH]1.